The first-order chi connectivity index (χ1) is 7.85. The third-order valence-corrected chi connectivity index (χ3v) is 3.31. The minimum Gasteiger partial charge on any atom is -0.395 e. The molecule has 0 bridgehead atoms. The summed E-state index contributed by atoms with van der Waals surface area (Å²) in [5, 5.41) is 18.1. The highest BCUT2D eigenvalue weighted by Crippen LogP contribution is 2.29. The lowest BCUT2D eigenvalue weighted by atomic mass is 9.91. The Bertz CT molecular complexity index is 319. The van der Waals surface area contributed by atoms with E-state index in [1.165, 1.54) is 19.3 Å². The van der Waals surface area contributed by atoms with Crippen LogP contribution in [-0.4, -0.2) is 29.4 Å². The molecule has 0 heterocycles. The lowest BCUT2D eigenvalue weighted by Crippen LogP contribution is -2.41. The molecule has 88 valence electrons. The average molecular weight is 221 g/mol. The average Bonchev–Trinajstić information content (AvgIpc) is 2.26. The molecule has 1 fully saturated rings. The van der Waals surface area contributed by atoms with Gasteiger partial charge in [0.05, 0.1) is 13.2 Å². The van der Waals surface area contributed by atoms with E-state index >= 15 is 0 Å². The molecule has 1 aliphatic carbocycles. The van der Waals surface area contributed by atoms with Crippen LogP contribution in [0.1, 0.15) is 24.8 Å². The summed E-state index contributed by atoms with van der Waals surface area (Å²) in [6.45, 7) is 0.977. The van der Waals surface area contributed by atoms with Crippen LogP contribution in [0.2, 0.25) is 0 Å². The highest BCUT2D eigenvalue weighted by molar-refractivity contribution is 5.49. The fourth-order valence-electron chi connectivity index (χ4n) is 2.12. The van der Waals surface area contributed by atoms with Crippen LogP contribution < -0.4 is 4.90 Å². The summed E-state index contributed by atoms with van der Waals surface area (Å²) < 4.78 is 0. The minimum absolute atomic E-state index is 0.0870. The standard InChI is InChI=1S/C13H19NO2/c15-9-8-14(12-2-1-3-12)13-6-4-11(10-16)5-7-13/h4-7,12,15-16H,1-3,8-10H2. The van der Waals surface area contributed by atoms with Gasteiger partial charge in [-0.1, -0.05) is 12.1 Å². The van der Waals surface area contributed by atoms with Crippen molar-refractivity contribution >= 4 is 5.69 Å². The third-order valence-electron chi connectivity index (χ3n) is 3.31. The Morgan fingerprint density at radius 3 is 2.25 bits per heavy atom. The van der Waals surface area contributed by atoms with Gasteiger partial charge >= 0.3 is 0 Å². The van der Waals surface area contributed by atoms with Crippen LogP contribution >= 0.6 is 0 Å². The zero-order valence-electron chi connectivity index (χ0n) is 9.47. The number of benzene rings is 1. The molecule has 3 heteroatoms. The topological polar surface area (TPSA) is 43.7 Å². The van der Waals surface area contributed by atoms with Crippen LogP contribution in [-0.2, 0) is 6.61 Å². The molecular formula is C13H19NO2. The Balaban J connectivity index is 2.10. The van der Waals surface area contributed by atoms with E-state index in [1.54, 1.807) is 0 Å². The lowest BCUT2D eigenvalue weighted by molar-refractivity contribution is 0.281. The van der Waals surface area contributed by atoms with E-state index in [-0.39, 0.29) is 13.2 Å². The number of aliphatic hydroxyl groups is 2. The Morgan fingerprint density at radius 1 is 1.12 bits per heavy atom. The van der Waals surface area contributed by atoms with Crippen LogP contribution in [0.25, 0.3) is 0 Å². The summed E-state index contributed by atoms with van der Waals surface area (Å²) in [5.41, 5.74) is 2.08. The maximum absolute atomic E-state index is 9.09. The molecule has 0 radical (unpaired) electrons. The van der Waals surface area contributed by atoms with E-state index in [2.05, 4.69) is 4.90 Å². The highest BCUT2D eigenvalue weighted by Gasteiger charge is 2.24. The minimum atomic E-state index is 0.0870. The first kappa shape index (κ1) is 11.4. The molecule has 0 amide bonds. The molecule has 1 saturated carbocycles. The Labute approximate surface area is 96.3 Å². The summed E-state index contributed by atoms with van der Waals surface area (Å²) in [5.74, 6) is 0. The van der Waals surface area contributed by atoms with Gasteiger partial charge in [0.2, 0.25) is 0 Å². The van der Waals surface area contributed by atoms with Crippen LogP contribution in [0.15, 0.2) is 24.3 Å². The molecule has 2 rings (SSSR count). The van der Waals surface area contributed by atoms with E-state index in [9.17, 15) is 0 Å². The molecular weight excluding hydrogens is 202 g/mol. The quantitative estimate of drug-likeness (QED) is 0.792. The summed E-state index contributed by atoms with van der Waals surface area (Å²) in [6.07, 6.45) is 3.74. The summed E-state index contributed by atoms with van der Waals surface area (Å²) >= 11 is 0. The van der Waals surface area contributed by atoms with Gasteiger partial charge in [-0.05, 0) is 37.0 Å². The molecule has 2 N–H and O–H groups in total. The SMILES string of the molecule is OCCN(c1ccc(CO)cc1)C1CCC1. The molecule has 1 aromatic carbocycles. The molecule has 16 heavy (non-hydrogen) atoms. The fraction of sp³-hybridized carbons (Fsp3) is 0.538. The molecule has 0 aliphatic heterocycles. The van der Waals surface area contributed by atoms with E-state index in [0.29, 0.717) is 12.6 Å². The first-order valence-electron chi connectivity index (χ1n) is 5.92. The van der Waals surface area contributed by atoms with Crippen molar-refractivity contribution < 1.29 is 10.2 Å². The van der Waals surface area contributed by atoms with Gasteiger partial charge in [0.1, 0.15) is 0 Å². The van der Waals surface area contributed by atoms with Gasteiger partial charge in [0.15, 0.2) is 0 Å². The van der Waals surface area contributed by atoms with Gasteiger partial charge in [-0.2, -0.15) is 0 Å². The molecule has 0 saturated heterocycles. The lowest BCUT2D eigenvalue weighted by Gasteiger charge is -2.39. The molecule has 0 spiro atoms. The second kappa shape index (κ2) is 5.32. The summed E-state index contributed by atoms with van der Waals surface area (Å²) in [4.78, 5) is 2.27. The predicted octanol–water partition coefficient (Wildman–Crippen LogP) is 1.53. The van der Waals surface area contributed by atoms with Crippen molar-refractivity contribution in [2.24, 2.45) is 0 Å². The maximum Gasteiger partial charge on any atom is 0.0681 e. The zero-order chi connectivity index (χ0) is 11.4. The van der Waals surface area contributed by atoms with E-state index in [0.717, 1.165) is 11.3 Å². The fourth-order valence-corrected chi connectivity index (χ4v) is 2.12. The van der Waals surface area contributed by atoms with Gasteiger partial charge < -0.3 is 15.1 Å². The van der Waals surface area contributed by atoms with E-state index in [1.807, 2.05) is 24.3 Å². The Morgan fingerprint density at radius 2 is 1.81 bits per heavy atom. The zero-order valence-corrected chi connectivity index (χ0v) is 9.47. The second-order valence-corrected chi connectivity index (χ2v) is 4.33. The number of anilines is 1. The van der Waals surface area contributed by atoms with Crippen LogP contribution in [0.4, 0.5) is 5.69 Å². The third kappa shape index (κ3) is 2.36. The van der Waals surface area contributed by atoms with Crippen molar-refractivity contribution in [3.05, 3.63) is 29.8 Å². The van der Waals surface area contributed by atoms with Crippen LogP contribution in [0.3, 0.4) is 0 Å². The summed E-state index contributed by atoms with van der Waals surface area (Å²) in [6, 6.07) is 8.53. The van der Waals surface area contributed by atoms with Crippen molar-refractivity contribution in [3.8, 4) is 0 Å². The molecule has 0 atom stereocenters. The van der Waals surface area contributed by atoms with Crippen molar-refractivity contribution in [3.63, 3.8) is 0 Å². The van der Waals surface area contributed by atoms with Gasteiger partial charge in [-0.25, -0.2) is 0 Å². The van der Waals surface area contributed by atoms with Gasteiger partial charge in [0.25, 0.3) is 0 Å². The number of hydrogen-bond donors (Lipinski definition) is 2. The maximum atomic E-state index is 9.09. The second-order valence-electron chi connectivity index (χ2n) is 4.33. The Kier molecular flexibility index (Phi) is 3.80. The number of nitrogens with zero attached hydrogens (tertiary/aromatic N) is 1. The smallest absolute Gasteiger partial charge is 0.0681 e. The number of rotatable bonds is 5. The van der Waals surface area contributed by atoms with E-state index < -0.39 is 0 Å². The highest BCUT2D eigenvalue weighted by atomic mass is 16.3. The normalized spacial score (nSPS) is 15.9. The summed E-state index contributed by atoms with van der Waals surface area (Å²) in [7, 11) is 0. The monoisotopic (exact) mass is 221 g/mol. The van der Waals surface area contributed by atoms with Gasteiger partial charge in [-0.15, -0.1) is 0 Å². The van der Waals surface area contributed by atoms with Gasteiger partial charge in [-0.3, -0.25) is 0 Å². The molecule has 3 nitrogen and oxygen atoms in total. The molecule has 0 unspecified atom stereocenters. The first-order valence-corrected chi connectivity index (χ1v) is 5.92. The Hall–Kier alpha value is -1.06. The molecule has 1 aromatic rings. The predicted molar refractivity (Wildman–Crippen MR) is 64.4 cm³/mol. The van der Waals surface area contributed by atoms with Crippen molar-refractivity contribution in [2.45, 2.75) is 31.9 Å². The molecule has 1 aliphatic rings. The number of hydrogen-bond acceptors (Lipinski definition) is 3. The number of aliphatic hydroxyl groups excluding tert-OH is 2. The van der Waals surface area contributed by atoms with E-state index in [4.69, 9.17) is 10.2 Å². The van der Waals surface area contributed by atoms with Crippen molar-refractivity contribution in [1.29, 1.82) is 0 Å². The van der Waals surface area contributed by atoms with Crippen LogP contribution in [0, 0.1) is 0 Å². The van der Waals surface area contributed by atoms with Crippen molar-refractivity contribution in [2.75, 3.05) is 18.1 Å². The van der Waals surface area contributed by atoms with Gasteiger partial charge in [0, 0.05) is 18.3 Å². The van der Waals surface area contributed by atoms with Crippen molar-refractivity contribution in [1.82, 2.24) is 0 Å². The largest absolute Gasteiger partial charge is 0.395 e. The van der Waals surface area contributed by atoms with Crippen LogP contribution in [0.5, 0.6) is 0 Å². The molecule has 0 aromatic heterocycles.